The van der Waals surface area contributed by atoms with Gasteiger partial charge in [-0.25, -0.2) is 4.79 Å². The number of furan rings is 1. The maximum Gasteiger partial charge on any atom is 0.375 e. The third kappa shape index (κ3) is 4.60. The van der Waals surface area contributed by atoms with E-state index < -0.39 is 5.97 Å². The normalized spacial score (nSPS) is 10.8. The number of hydrogen-bond donors (Lipinski definition) is 0. The van der Waals surface area contributed by atoms with Crippen LogP contribution in [0.25, 0.3) is 11.0 Å². The maximum absolute atomic E-state index is 12.9. The summed E-state index contributed by atoms with van der Waals surface area (Å²) in [6, 6.07) is 18.4. The van der Waals surface area contributed by atoms with Gasteiger partial charge in [-0.05, 0) is 38.1 Å². The monoisotopic (exact) mass is 443 g/mol. The molecule has 2 aromatic heterocycles. The highest BCUT2D eigenvalue weighted by Crippen LogP contribution is 2.28. The van der Waals surface area contributed by atoms with Crippen molar-refractivity contribution in [2.75, 3.05) is 6.61 Å². The van der Waals surface area contributed by atoms with Gasteiger partial charge in [-0.2, -0.15) is 0 Å². The molecule has 0 N–H and O–H groups in total. The van der Waals surface area contributed by atoms with Crippen molar-refractivity contribution in [2.24, 2.45) is 0 Å². The Labute approximate surface area is 192 Å². The number of Topliss-reactive ketones (excluding diaryl/α,β-unsaturated/α-hetero) is 1. The number of hydrogen-bond acceptors (Lipinski definition) is 5. The molecule has 0 amide bonds. The summed E-state index contributed by atoms with van der Waals surface area (Å²) >= 11 is 0. The number of carbonyl (C=O) groups excluding carboxylic acids is 2. The first kappa shape index (κ1) is 22.1. The van der Waals surface area contributed by atoms with E-state index in [1.807, 2.05) is 66.9 Å². The van der Waals surface area contributed by atoms with Crippen LogP contribution in [0.3, 0.4) is 0 Å². The zero-order valence-electron chi connectivity index (χ0n) is 18.7. The lowest BCUT2D eigenvalue weighted by atomic mass is 10.1. The minimum absolute atomic E-state index is 0.0389. The van der Waals surface area contributed by atoms with E-state index in [9.17, 15) is 9.59 Å². The van der Waals surface area contributed by atoms with Gasteiger partial charge in [0.25, 0.3) is 0 Å². The average molecular weight is 443 g/mol. The van der Waals surface area contributed by atoms with Gasteiger partial charge in [-0.15, -0.1) is 6.58 Å². The maximum atomic E-state index is 12.9. The topological polar surface area (TPSA) is 70.7 Å². The molecule has 4 aromatic rings. The van der Waals surface area contributed by atoms with Gasteiger partial charge in [0.1, 0.15) is 17.9 Å². The smallest absolute Gasteiger partial charge is 0.375 e. The third-order valence-corrected chi connectivity index (χ3v) is 5.53. The molecule has 0 saturated heterocycles. The molecule has 2 heterocycles. The van der Waals surface area contributed by atoms with E-state index in [1.165, 1.54) is 0 Å². The van der Waals surface area contributed by atoms with Crippen molar-refractivity contribution in [2.45, 2.75) is 27.0 Å². The average Bonchev–Trinajstić information content (AvgIpc) is 3.34. The van der Waals surface area contributed by atoms with Crippen LogP contribution in [-0.4, -0.2) is 22.9 Å². The van der Waals surface area contributed by atoms with Gasteiger partial charge in [0.2, 0.25) is 11.5 Å². The van der Waals surface area contributed by atoms with Crippen LogP contribution in [0.15, 0.2) is 77.7 Å². The number of ketones is 1. The van der Waals surface area contributed by atoms with Gasteiger partial charge < -0.3 is 18.5 Å². The van der Waals surface area contributed by atoms with Crippen LogP contribution in [0.2, 0.25) is 0 Å². The van der Waals surface area contributed by atoms with Crippen LogP contribution >= 0.6 is 0 Å². The van der Waals surface area contributed by atoms with E-state index in [-0.39, 0.29) is 24.8 Å². The molecule has 4 rings (SSSR count). The molecule has 168 valence electrons. The second-order valence-corrected chi connectivity index (χ2v) is 7.69. The fourth-order valence-electron chi connectivity index (χ4n) is 3.85. The molecule has 0 spiro atoms. The molecular formula is C27H25NO5. The fraction of sp³-hybridized carbons (Fsp3) is 0.185. The molecule has 33 heavy (non-hydrogen) atoms. The number of nitrogens with zero attached hydrogens (tertiary/aromatic N) is 1. The van der Waals surface area contributed by atoms with Crippen molar-refractivity contribution >= 4 is 22.7 Å². The van der Waals surface area contributed by atoms with E-state index in [0.717, 1.165) is 16.8 Å². The summed E-state index contributed by atoms with van der Waals surface area (Å²) in [4.78, 5) is 25.7. The largest absolute Gasteiger partial charge is 0.489 e. The second-order valence-electron chi connectivity index (χ2n) is 7.69. The molecule has 0 unspecified atom stereocenters. The van der Waals surface area contributed by atoms with E-state index in [0.29, 0.717) is 29.0 Å². The molecule has 0 aliphatic heterocycles. The van der Waals surface area contributed by atoms with E-state index in [1.54, 1.807) is 18.2 Å². The molecule has 6 nitrogen and oxygen atoms in total. The fourth-order valence-corrected chi connectivity index (χ4v) is 3.85. The molecule has 0 bridgehead atoms. The van der Waals surface area contributed by atoms with Crippen LogP contribution in [-0.2, 0) is 17.9 Å². The van der Waals surface area contributed by atoms with Crippen molar-refractivity contribution in [3.63, 3.8) is 0 Å². The van der Waals surface area contributed by atoms with E-state index >= 15 is 0 Å². The minimum atomic E-state index is -0.703. The second kappa shape index (κ2) is 9.61. The van der Waals surface area contributed by atoms with E-state index in [2.05, 4.69) is 6.58 Å². The Morgan fingerprint density at radius 3 is 2.55 bits per heavy atom. The quantitative estimate of drug-likeness (QED) is 0.190. The predicted octanol–water partition coefficient (Wildman–Crippen LogP) is 5.66. The lowest BCUT2D eigenvalue weighted by Crippen LogP contribution is -2.16. The Morgan fingerprint density at radius 1 is 1.06 bits per heavy atom. The van der Waals surface area contributed by atoms with Gasteiger partial charge in [0.05, 0.1) is 5.56 Å². The summed E-state index contributed by atoms with van der Waals surface area (Å²) < 4.78 is 19.0. The van der Waals surface area contributed by atoms with Gasteiger partial charge in [0.15, 0.2) is 6.61 Å². The van der Waals surface area contributed by atoms with Crippen molar-refractivity contribution < 1.29 is 23.5 Å². The molecule has 0 atom stereocenters. The number of allylic oxidation sites excluding steroid dienone is 1. The molecule has 0 saturated carbocycles. The van der Waals surface area contributed by atoms with Crippen LogP contribution in [0.4, 0.5) is 0 Å². The summed E-state index contributed by atoms with van der Waals surface area (Å²) in [6.07, 6.45) is 1.77. The summed E-state index contributed by atoms with van der Waals surface area (Å²) in [5.74, 6) is -0.264. The molecule has 0 radical (unpaired) electrons. The summed E-state index contributed by atoms with van der Waals surface area (Å²) in [6.45, 7) is 7.89. The number of ether oxygens (including phenoxy) is 2. The molecular weight excluding hydrogens is 418 g/mol. The van der Waals surface area contributed by atoms with Crippen molar-refractivity contribution in [1.29, 1.82) is 0 Å². The lowest BCUT2D eigenvalue weighted by Gasteiger charge is -2.08. The Hall–Kier alpha value is -4.06. The lowest BCUT2D eigenvalue weighted by molar-refractivity contribution is 0.0442. The van der Waals surface area contributed by atoms with Crippen LogP contribution < -0.4 is 4.74 Å². The van der Waals surface area contributed by atoms with Crippen molar-refractivity contribution in [1.82, 2.24) is 4.57 Å². The number of para-hydroxylation sites is 2. The molecule has 2 aromatic carbocycles. The standard InChI is InChI=1S/C27H25NO5/c1-4-14-28-18(2)15-22(19(28)3)24(29)17-32-27(30)26-23(16-31-20-10-6-5-7-11-20)21-12-8-9-13-25(21)33-26/h4-13,15H,1,14,16-17H2,2-3H3. The Kier molecular flexibility index (Phi) is 6.45. The van der Waals surface area contributed by atoms with E-state index in [4.69, 9.17) is 13.9 Å². The van der Waals surface area contributed by atoms with Gasteiger partial charge >= 0.3 is 5.97 Å². The summed E-state index contributed by atoms with van der Waals surface area (Å²) in [5, 5.41) is 0.764. The first-order valence-corrected chi connectivity index (χ1v) is 10.7. The predicted molar refractivity (Wildman–Crippen MR) is 126 cm³/mol. The van der Waals surface area contributed by atoms with Crippen LogP contribution in [0.5, 0.6) is 5.75 Å². The SMILES string of the molecule is C=CCn1c(C)cc(C(=O)COC(=O)c2oc3ccccc3c2COc2ccccc2)c1C. The first-order valence-electron chi connectivity index (χ1n) is 10.7. The third-order valence-electron chi connectivity index (χ3n) is 5.53. The number of rotatable bonds is 9. The van der Waals surface area contributed by atoms with Gasteiger partial charge in [0, 0.05) is 28.9 Å². The molecule has 0 aliphatic rings. The molecule has 0 aliphatic carbocycles. The first-order chi connectivity index (χ1) is 16.0. The number of benzene rings is 2. The molecule has 0 fully saturated rings. The number of aromatic nitrogens is 1. The number of aryl methyl sites for hydroxylation is 1. The molecule has 6 heteroatoms. The van der Waals surface area contributed by atoms with Crippen molar-refractivity contribution in [3.05, 3.63) is 102 Å². The zero-order chi connectivity index (χ0) is 23.4. The zero-order valence-corrected chi connectivity index (χ0v) is 18.7. The highest BCUT2D eigenvalue weighted by molar-refractivity contribution is 6.01. The summed E-state index contributed by atoms with van der Waals surface area (Å²) in [5.41, 5.74) is 3.42. The Bertz CT molecular complexity index is 1310. The number of esters is 1. The minimum Gasteiger partial charge on any atom is -0.489 e. The highest BCUT2D eigenvalue weighted by Gasteiger charge is 2.24. The van der Waals surface area contributed by atoms with Crippen molar-refractivity contribution in [3.8, 4) is 5.75 Å². The van der Waals surface area contributed by atoms with Gasteiger partial charge in [-0.3, -0.25) is 4.79 Å². The van der Waals surface area contributed by atoms with Gasteiger partial charge in [-0.1, -0.05) is 42.5 Å². The summed E-state index contributed by atoms with van der Waals surface area (Å²) in [7, 11) is 0. The Morgan fingerprint density at radius 2 is 1.79 bits per heavy atom. The van der Waals surface area contributed by atoms with Crippen LogP contribution in [0.1, 0.15) is 37.9 Å². The van der Waals surface area contributed by atoms with Crippen LogP contribution in [0, 0.1) is 13.8 Å². The number of carbonyl (C=O) groups is 2. The number of fused-ring (bicyclic) bond motifs is 1. The Balaban J connectivity index is 1.53. The highest BCUT2D eigenvalue weighted by atomic mass is 16.5.